The molecular weight excluding hydrogens is 426 g/mol. The van der Waals surface area contributed by atoms with Crippen LogP contribution in [0, 0.1) is 11.6 Å². The summed E-state index contributed by atoms with van der Waals surface area (Å²) in [5.74, 6) is -2.60. The first-order valence-electron chi connectivity index (χ1n) is 9.15. The molecule has 0 saturated heterocycles. The number of rotatable bonds is 7. The van der Waals surface area contributed by atoms with Crippen LogP contribution in [0.2, 0.25) is 0 Å². The van der Waals surface area contributed by atoms with E-state index in [1.807, 2.05) is 0 Å². The molecule has 0 aliphatic carbocycles. The molecule has 10 heteroatoms. The number of nitrogens with one attached hydrogen (secondary N) is 4. The number of benzene rings is 2. The summed E-state index contributed by atoms with van der Waals surface area (Å²) in [6, 6.07) is 11.9. The van der Waals surface area contributed by atoms with E-state index in [4.69, 9.17) is 0 Å². The molecule has 0 radical (unpaired) electrons. The van der Waals surface area contributed by atoms with Gasteiger partial charge in [-0.3, -0.25) is 9.59 Å². The van der Waals surface area contributed by atoms with Gasteiger partial charge in [0.2, 0.25) is 0 Å². The Balaban J connectivity index is 1.43. The number of hydrogen-bond acceptors (Lipinski definition) is 4. The molecule has 2 aromatic carbocycles. The molecule has 0 aliphatic heterocycles. The van der Waals surface area contributed by atoms with Crippen molar-refractivity contribution in [3.8, 4) is 0 Å². The first-order valence-corrected chi connectivity index (χ1v) is 10.0. The highest BCUT2D eigenvalue weighted by Crippen LogP contribution is 2.14. The number of halogens is 2. The molecule has 0 atom stereocenters. The molecule has 160 valence electrons. The Kier molecular flexibility index (Phi) is 7.28. The van der Waals surface area contributed by atoms with E-state index in [9.17, 15) is 23.2 Å². The van der Waals surface area contributed by atoms with Crippen LogP contribution in [0.15, 0.2) is 60.0 Å². The largest absolute Gasteiger partial charge is 0.350 e. The first-order chi connectivity index (χ1) is 14.9. The summed E-state index contributed by atoms with van der Waals surface area (Å²) in [5.41, 5.74) is 0.870. The summed E-state index contributed by atoms with van der Waals surface area (Å²) in [5, 5.41) is 12.1. The van der Waals surface area contributed by atoms with Crippen LogP contribution in [0.25, 0.3) is 0 Å². The second-order valence-electron chi connectivity index (χ2n) is 6.27. The van der Waals surface area contributed by atoms with Crippen LogP contribution in [0.5, 0.6) is 0 Å². The number of urea groups is 1. The van der Waals surface area contributed by atoms with E-state index >= 15 is 0 Å². The Morgan fingerprint density at radius 1 is 0.774 bits per heavy atom. The monoisotopic (exact) mass is 444 g/mol. The van der Waals surface area contributed by atoms with Crippen LogP contribution >= 0.6 is 11.3 Å². The predicted octanol–water partition coefficient (Wildman–Crippen LogP) is 3.83. The maximum Gasteiger partial charge on any atom is 0.323 e. The average molecular weight is 444 g/mol. The molecule has 3 rings (SSSR count). The van der Waals surface area contributed by atoms with Gasteiger partial charge in [0.25, 0.3) is 11.8 Å². The lowest BCUT2D eigenvalue weighted by Crippen LogP contribution is -2.34. The molecule has 31 heavy (non-hydrogen) atoms. The minimum atomic E-state index is -1.07. The standard InChI is InChI=1S/C21H18F2N4O3S/c22-16-8-7-15(12-17(16)23)27-21(30)26-14-5-3-13(4-6-14)19(28)24-9-10-25-20(29)18-2-1-11-31-18/h1-8,11-12H,9-10H2,(H,24,28)(H,25,29)(H2,26,27,30). The van der Waals surface area contributed by atoms with Crippen molar-refractivity contribution in [2.24, 2.45) is 0 Å². The third-order valence-electron chi connectivity index (χ3n) is 4.02. The summed E-state index contributed by atoms with van der Waals surface area (Å²) < 4.78 is 26.1. The molecule has 0 saturated carbocycles. The van der Waals surface area contributed by atoms with Crippen molar-refractivity contribution in [3.05, 3.63) is 82.1 Å². The third-order valence-corrected chi connectivity index (χ3v) is 4.89. The van der Waals surface area contributed by atoms with Gasteiger partial charge < -0.3 is 21.3 Å². The highest BCUT2D eigenvalue weighted by Gasteiger charge is 2.09. The minimum Gasteiger partial charge on any atom is -0.350 e. The van der Waals surface area contributed by atoms with E-state index < -0.39 is 17.7 Å². The fourth-order valence-corrected chi connectivity index (χ4v) is 3.16. The maximum absolute atomic E-state index is 13.2. The smallest absolute Gasteiger partial charge is 0.323 e. The zero-order chi connectivity index (χ0) is 22.2. The van der Waals surface area contributed by atoms with E-state index in [1.165, 1.54) is 41.7 Å². The molecule has 3 aromatic rings. The van der Waals surface area contributed by atoms with Crippen LogP contribution in [-0.2, 0) is 0 Å². The Bertz CT molecular complexity index is 1070. The minimum absolute atomic E-state index is 0.0959. The van der Waals surface area contributed by atoms with Crippen LogP contribution in [0.1, 0.15) is 20.0 Å². The SMILES string of the molecule is O=C(Nc1ccc(C(=O)NCCNC(=O)c2cccs2)cc1)Nc1ccc(F)c(F)c1. The molecule has 0 unspecified atom stereocenters. The molecule has 0 fully saturated rings. The predicted molar refractivity (Wildman–Crippen MR) is 114 cm³/mol. The lowest BCUT2D eigenvalue weighted by atomic mass is 10.2. The molecule has 7 nitrogen and oxygen atoms in total. The first kappa shape index (κ1) is 21.9. The zero-order valence-corrected chi connectivity index (χ0v) is 16.9. The van der Waals surface area contributed by atoms with Gasteiger partial charge in [0.05, 0.1) is 4.88 Å². The second-order valence-corrected chi connectivity index (χ2v) is 7.22. The van der Waals surface area contributed by atoms with Crippen molar-refractivity contribution in [2.75, 3.05) is 23.7 Å². The molecule has 1 heterocycles. The second kappa shape index (κ2) is 10.3. The van der Waals surface area contributed by atoms with Gasteiger partial charge in [-0.1, -0.05) is 6.07 Å². The number of carbonyl (C=O) groups excluding carboxylic acids is 3. The van der Waals surface area contributed by atoms with Crippen molar-refractivity contribution >= 4 is 40.6 Å². The summed E-state index contributed by atoms with van der Waals surface area (Å²) in [7, 11) is 0. The van der Waals surface area contributed by atoms with Crippen molar-refractivity contribution < 1.29 is 23.2 Å². The summed E-state index contributed by atoms with van der Waals surface area (Å²) >= 11 is 1.33. The van der Waals surface area contributed by atoms with Gasteiger partial charge in [-0.05, 0) is 47.8 Å². The zero-order valence-electron chi connectivity index (χ0n) is 16.1. The van der Waals surface area contributed by atoms with Gasteiger partial charge in [-0.25, -0.2) is 13.6 Å². The molecule has 0 aliphatic rings. The Hall–Kier alpha value is -3.79. The summed E-state index contributed by atoms with van der Waals surface area (Å²) in [6.45, 7) is 0.541. The fourth-order valence-electron chi connectivity index (χ4n) is 2.52. The fraction of sp³-hybridized carbons (Fsp3) is 0.0952. The number of anilines is 2. The molecule has 4 amide bonds. The van der Waals surface area contributed by atoms with Crippen molar-refractivity contribution in [1.29, 1.82) is 0 Å². The molecular formula is C21H18F2N4O3S. The Morgan fingerprint density at radius 2 is 1.42 bits per heavy atom. The van der Waals surface area contributed by atoms with Gasteiger partial charge in [-0.15, -0.1) is 11.3 Å². The van der Waals surface area contributed by atoms with Gasteiger partial charge in [0, 0.05) is 36.1 Å². The van der Waals surface area contributed by atoms with Gasteiger partial charge in [0.15, 0.2) is 11.6 Å². The Labute approximate surface area is 180 Å². The molecule has 0 bridgehead atoms. The summed E-state index contributed by atoms with van der Waals surface area (Å²) in [4.78, 5) is 36.5. The van der Waals surface area contributed by atoms with Crippen molar-refractivity contribution in [3.63, 3.8) is 0 Å². The number of hydrogen-bond donors (Lipinski definition) is 4. The van der Waals surface area contributed by atoms with E-state index in [2.05, 4.69) is 21.3 Å². The molecule has 1 aromatic heterocycles. The quantitative estimate of drug-likeness (QED) is 0.417. The summed E-state index contributed by atoms with van der Waals surface area (Å²) in [6.07, 6.45) is 0. The maximum atomic E-state index is 13.2. The highest BCUT2D eigenvalue weighted by molar-refractivity contribution is 7.12. The van der Waals surface area contributed by atoms with E-state index in [-0.39, 0.29) is 30.6 Å². The van der Waals surface area contributed by atoms with Crippen molar-refractivity contribution in [1.82, 2.24) is 10.6 Å². The molecule has 4 N–H and O–H groups in total. The highest BCUT2D eigenvalue weighted by atomic mass is 32.1. The third kappa shape index (κ3) is 6.34. The van der Waals surface area contributed by atoms with Crippen molar-refractivity contribution in [2.45, 2.75) is 0 Å². The van der Waals surface area contributed by atoms with Crippen LogP contribution in [0.4, 0.5) is 25.0 Å². The normalized spacial score (nSPS) is 10.3. The van der Waals surface area contributed by atoms with E-state index in [0.717, 1.165) is 12.1 Å². The van der Waals surface area contributed by atoms with Crippen LogP contribution in [0.3, 0.4) is 0 Å². The van der Waals surface area contributed by atoms with Gasteiger partial charge >= 0.3 is 6.03 Å². The number of thiophene rings is 1. The van der Waals surface area contributed by atoms with E-state index in [1.54, 1.807) is 17.5 Å². The average Bonchev–Trinajstić information content (AvgIpc) is 3.29. The van der Waals surface area contributed by atoms with Crippen LogP contribution in [-0.4, -0.2) is 30.9 Å². The van der Waals surface area contributed by atoms with E-state index in [0.29, 0.717) is 16.1 Å². The van der Waals surface area contributed by atoms with Gasteiger partial charge in [0.1, 0.15) is 0 Å². The Morgan fingerprint density at radius 3 is 2.06 bits per heavy atom. The topological polar surface area (TPSA) is 99.3 Å². The molecule has 0 spiro atoms. The number of carbonyl (C=O) groups is 3. The van der Waals surface area contributed by atoms with Crippen LogP contribution < -0.4 is 21.3 Å². The van der Waals surface area contributed by atoms with Gasteiger partial charge in [-0.2, -0.15) is 0 Å². The number of amides is 4. The lowest BCUT2D eigenvalue weighted by molar-refractivity contribution is 0.0929. The lowest BCUT2D eigenvalue weighted by Gasteiger charge is -2.09.